The summed E-state index contributed by atoms with van der Waals surface area (Å²) in [6.07, 6.45) is 5.61. The molecule has 0 aromatic heterocycles. The van der Waals surface area contributed by atoms with Crippen LogP contribution in [0, 0.1) is 12.8 Å². The summed E-state index contributed by atoms with van der Waals surface area (Å²) in [5.41, 5.74) is 6.05. The Kier molecular flexibility index (Phi) is 4.10. The smallest absolute Gasteiger partial charge is 0.336 e. The van der Waals surface area contributed by atoms with E-state index in [1.54, 1.807) is 6.07 Å². The Balaban J connectivity index is 1.77. The van der Waals surface area contributed by atoms with E-state index in [0.717, 1.165) is 17.7 Å². The fourth-order valence-corrected chi connectivity index (χ4v) is 4.46. The normalized spacial score (nSPS) is 23.5. The number of rotatable bonds is 3. The van der Waals surface area contributed by atoms with Crippen molar-refractivity contribution in [2.75, 3.05) is 5.32 Å². The first-order valence-corrected chi connectivity index (χ1v) is 9.37. The molecule has 0 bridgehead atoms. The highest BCUT2D eigenvalue weighted by Crippen LogP contribution is 2.51. The lowest BCUT2D eigenvalue weighted by Gasteiger charge is -2.38. The first kappa shape index (κ1) is 16.9. The molecule has 1 aliphatic heterocycles. The molecule has 0 amide bonds. The number of hydrogen-bond donors (Lipinski definition) is 2. The third-order valence-electron chi connectivity index (χ3n) is 5.99. The van der Waals surface area contributed by atoms with Gasteiger partial charge in [0.05, 0.1) is 11.6 Å². The average molecular weight is 347 g/mol. The summed E-state index contributed by atoms with van der Waals surface area (Å²) < 4.78 is 0. The molecule has 4 rings (SSSR count). The van der Waals surface area contributed by atoms with Crippen molar-refractivity contribution >= 4 is 11.7 Å². The van der Waals surface area contributed by atoms with Crippen molar-refractivity contribution in [1.82, 2.24) is 0 Å². The number of allylic oxidation sites excluding steroid dienone is 2. The van der Waals surface area contributed by atoms with Gasteiger partial charge in [-0.15, -0.1) is 0 Å². The molecule has 2 aromatic rings. The lowest BCUT2D eigenvalue weighted by atomic mass is 9.75. The Morgan fingerprint density at radius 2 is 1.88 bits per heavy atom. The molecule has 0 fully saturated rings. The summed E-state index contributed by atoms with van der Waals surface area (Å²) in [5, 5.41) is 13.2. The fourth-order valence-electron chi connectivity index (χ4n) is 4.46. The first-order valence-electron chi connectivity index (χ1n) is 9.37. The van der Waals surface area contributed by atoms with Crippen molar-refractivity contribution in [3.8, 4) is 0 Å². The van der Waals surface area contributed by atoms with E-state index >= 15 is 0 Å². The summed E-state index contributed by atoms with van der Waals surface area (Å²) in [7, 11) is 0. The van der Waals surface area contributed by atoms with E-state index in [-0.39, 0.29) is 6.04 Å². The topological polar surface area (TPSA) is 49.3 Å². The highest BCUT2D eigenvalue weighted by Gasteiger charge is 2.38. The minimum Gasteiger partial charge on any atom is -0.478 e. The molecule has 1 heterocycles. The predicted octanol–water partition coefficient (Wildman–Crippen LogP) is 5.64. The van der Waals surface area contributed by atoms with Crippen LogP contribution in [-0.2, 0) is 0 Å². The maximum Gasteiger partial charge on any atom is 0.336 e. The molecule has 0 spiro atoms. The standard InChI is InChI=1S/C23H25NO2/c1-13(2)15-7-9-16(10-8-15)22-19-6-4-5-18(19)20-12-11-17(23(25)26)14(3)21(20)24-22/h4-5,7-13,18-19,22,24H,6H2,1-3H3,(H,25,26)/t18-,19+,22+/m1/s1. The summed E-state index contributed by atoms with van der Waals surface area (Å²) in [4.78, 5) is 11.5. The molecule has 3 heteroatoms. The van der Waals surface area contributed by atoms with Gasteiger partial charge in [0.1, 0.15) is 0 Å². The van der Waals surface area contributed by atoms with Crippen molar-refractivity contribution in [1.29, 1.82) is 0 Å². The molecule has 2 N–H and O–H groups in total. The quantitative estimate of drug-likeness (QED) is 0.706. The Hall–Kier alpha value is -2.55. The summed E-state index contributed by atoms with van der Waals surface area (Å²) >= 11 is 0. The number of carbonyl (C=O) groups is 1. The molecule has 2 aromatic carbocycles. The Morgan fingerprint density at radius 3 is 2.54 bits per heavy atom. The van der Waals surface area contributed by atoms with Gasteiger partial charge in [0, 0.05) is 11.6 Å². The second kappa shape index (κ2) is 6.31. The fraction of sp³-hybridized carbons (Fsp3) is 0.348. The number of anilines is 1. The van der Waals surface area contributed by atoms with E-state index in [2.05, 4.69) is 55.6 Å². The highest BCUT2D eigenvalue weighted by molar-refractivity contribution is 5.92. The molecule has 3 nitrogen and oxygen atoms in total. The van der Waals surface area contributed by atoms with E-state index < -0.39 is 5.97 Å². The van der Waals surface area contributed by atoms with E-state index in [1.807, 2.05) is 13.0 Å². The molecule has 1 aliphatic carbocycles. The van der Waals surface area contributed by atoms with Gasteiger partial charge in [-0.3, -0.25) is 0 Å². The molecule has 26 heavy (non-hydrogen) atoms. The third-order valence-corrected chi connectivity index (χ3v) is 5.99. The summed E-state index contributed by atoms with van der Waals surface area (Å²) in [6.45, 7) is 6.32. The molecule has 0 unspecified atom stereocenters. The second-order valence-electron chi connectivity index (χ2n) is 7.80. The van der Waals surface area contributed by atoms with Gasteiger partial charge in [0.25, 0.3) is 0 Å². The molecule has 134 valence electrons. The van der Waals surface area contributed by atoms with Gasteiger partial charge in [-0.25, -0.2) is 4.79 Å². The first-order chi connectivity index (χ1) is 12.5. The van der Waals surface area contributed by atoms with E-state index in [1.165, 1.54) is 16.7 Å². The van der Waals surface area contributed by atoms with Crippen LogP contribution >= 0.6 is 0 Å². The van der Waals surface area contributed by atoms with Gasteiger partial charge in [0.2, 0.25) is 0 Å². The average Bonchev–Trinajstić information content (AvgIpc) is 3.11. The molecule has 2 aliphatic rings. The van der Waals surface area contributed by atoms with Crippen molar-refractivity contribution in [2.24, 2.45) is 5.92 Å². The Bertz CT molecular complexity index is 880. The summed E-state index contributed by atoms with van der Waals surface area (Å²) in [5.74, 6) is 0.476. The van der Waals surface area contributed by atoms with Gasteiger partial charge >= 0.3 is 5.97 Å². The van der Waals surface area contributed by atoms with Crippen molar-refractivity contribution in [3.63, 3.8) is 0 Å². The molecular formula is C23H25NO2. The lowest BCUT2D eigenvalue weighted by molar-refractivity contribution is 0.0696. The second-order valence-corrected chi connectivity index (χ2v) is 7.80. The van der Waals surface area contributed by atoms with Crippen LogP contribution in [0.4, 0.5) is 5.69 Å². The van der Waals surface area contributed by atoms with Gasteiger partial charge in [-0.05, 0) is 53.5 Å². The predicted molar refractivity (Wildman–Crippen MR) is 105 cm³/mol. The molecular weight excluding hydrogens is 322 g/mol. The zero-order valence-electron chi connectivity index (χ0n) is 15.5. The van der Waals surface area contributed by atoms with Crippen LogP contribution in [0.5, 0.6) is 0 Å². The zero-order valence-corrected chi connectivity index (χ0v) is 15.5. The number of hydrogen-bond acceptors (Lipinski definition) is 2. The van der Waals surface area contributed by atoms with E-state index in [4.69, 9.17) is 0 Å². The monoisotopic (exact) mass is 347 g/mol. The molecule has 0 saturated heterocycles. The van der Waals surface area contributed by atoms with Crippen LogP contribution in [-0.4, -0.2) is 11.1 Å². The maximum atomic E-state index is 11.5. The van der Waals surface area contributed by atoms with Crippen LogP contribution in [0.3, 0.4) is 0 Å². The largest absolute Gasteiger partial charge is 0.478 e. The van der Waals surface area contributed by atoms with E-state index in [9.17, 15) is 9.90 Å². The lowest BCUT2D eigenvalue weighted by Crippen LogP contribution is -2.30. The maximum absolute atomic E-state index is 11.5. The summed E-state index contributed by atoms with van der Waals surface area (Å²) in [6, 6.07) is 12.8. The van der Waals surface area contributed by atoms with Gasteiger partial charge in [-0.1, -0.05) is 56.3 Å². The highest BCUT2D eigenvalue weighted by atomic mass is 16.4. The number of nitrogens with one attached hydrogen (secondary N) is 1. The Morgan fingerprint density at radius 1 is 1.15 bits per heavy atom. The molecule has 0 radical (unpaired) electrons. The number of benzene rings is 2. The zero-order chi connectivity index (χ0) is 18.4. The third kappa shape index (κ3) is 2.63. The van der Waals surface area contributed by atoms with Crippen LogP contribution in [0.15, 0.2) is 48.6 Å². The number of carboxylic acids is 1. The SMILES string of the molecule is Cc1c(C(=O)O)ccc2c1N[C@@H](c1ccc(C(C)C)cc1)[C@H]1CC=C[C@@H]21. The van der Waals surface area contributed by atoms with Gasteiger partial charge < -0.3 is 10.4 Å². The van der Waals surface area contributed by atoms with Crippen LogP contribution in [0.25, 0.3) is 0 Å². The number of carboxylic acid groups (broad SMARTS) is 1. The van der Waals surface area contributed by atoms with Crippen molar-refractivity contribution < 1.29 is 9.90 Å². The van der Waals surface area contributed by atoms with Gasteiger partial charge in [-0.2, -0.15) is 0 Å². The minimum atomic E-state index is -0.867. The van der Waals surface area contributed by atoms with E-state index in [0.29, 0.717) is 23.3 Å². The van der Waals surface area contributed by atoms with Crippen molar-refractivity contribution in [2.45, 2.75) is 45.1 Å². The van der Waals surface area contributed by atoms with Gasteiger partial charge in [0.15, 0.2) is 0 Å². The van der Waals surface area contributed by atoms with Crippen LogP contribution in [0.1, 0.15) is 70.8 Å². The number of fused-ring (bicyclic) bond motifs is 3. The van der Waals surface area contributed by atoms with Crippen LogP contribution < -0.4 is 5.32 Å². The Labute approximate surface area is 154 Å². The van der Waals surface area contributed by atoms with Crippen LogP contribution in [0.2, 0.25) is 0 Å². The van der Waals surface area contributed by atoms with Crippen molar-refractivity contribution in [3.05, 3.63) is 76.4 Å². The molecule has 0 saturated carbocycles. The molecule has 3 atom stereocenters. The minimum absolute atomic E-state index is 0.200. The number of aromatic carboxylic acids is 1.